The minimum absolute atomic E-state index is 0.00737. The van der Waals surface area contributed by atoms with Crippen molar-refractivity contribution in [1.29, 1.82) is 0 Å². The van der Waals surface area contributed by atoms with Crippen LogP contribution in [-0.4, -0.2) is 31.5 Å². The largest absolute Gasteiger partial charge is 0.516 e. The van der Waals surface area contributed by atoms with Gasteiger partial charge in [0, 0.05) is 5.92 Å². The predicted octanol–water partition coefficient (Wildman–Crippen LogP) is 3.17. The van der Waals surface area contributed by atoms with Gasteiger partial charge in [-0.2, -0.15) is 0 Å². The molecule has 7 nitrogen and oxygen atoms in total. The van der Waals surface area contributed by atoms with Gasteiger partial charge in [0.05, 0.1) is 13.0 Å². The van der Waals surface area contributed by atoms with E-state index in [0.29, 0.717) is 0 Å². The predicted molar refractivity (Wildman–Crippen MR) is 84.4 cm³/mol. The fourth-order valence-electron chi connectivity index (χ4n) is 1.59. The highest BCUT2D eigenvalue weighted by atomic mass is 16.8. The van der Waals surface area contributed by atoms with E-state index >= 15 is 0 Å². The molecule has 1 aromatic rings. The van der Waals surface area contributed by atoms with Crippen molar-refractivity contribution in [3.05, 3.63) is 29.8 Å². The number of benzene rings is 1. The van der Waals surface area contributed by atoms with Crippen LogP contribution in [0.4, 0.5) is 4.79 Å². The van der Waals surface area contributed by atoms with Crippen LogP contribution in [0.5, 0.6) is 5.75 Å². The zero-order valence-electron chi connectivity index (χ0n) is 14.4. The van der Waals surface area contributed by atoms with Crippen LogP contribution in [0.3, 0.4) is 0 Å². The summed E-state index contributed by atoms with van der Waals surface area (Å²) in [6.07, 6.45) is -2.17. The summed E-state index contributed by atoms with van der Waals surface area (Å²) in [6.45, 7) is 6.80. The third-order valence-electron chi connectivity index (χ3n) is 2.95. The van der Waals surface area contributed by atoms with E-state index in [0.717, 1.165) is 0 Å². The molecule has 132 valence electrons. The molecule has 0 aromatic heterocycles. The molecule has 0 N–H and O–H groups in total. The first kappa shape index (κ1) is 19.5. The maximum atomic E-state index is 12.0. The molecule has 0 fully saturated rings. The Kier molecular flexibility index (Phi) is 7.23. The summed E-state index contributed by atoms with van der Waals surface area (Å²) >= 11 is 0. The van der Waals surface area contributed by atoms with Gasteiger partial charge in [0.1, 0.15) is 11.3 Å². The molecule has 0 heterocycles. The summed E-state index contributed by atoms with van der Waals surface area (Å²) in [6, 6.07) is 6.07. The minimum atomic E-state index is -1.09. The van der Waals surface area contributed by atoms with Gasteiger partial charge in [-0.3, -0.25) is 4.79 Å². The zero-order valence-corrected chi connectivity index (χ0v) is 14.4. The molecule has 0 aliphatic rings. The second kappa shape index (κ2) is 8.90. The number of carbonyl (C=O) groups is 3. The number of hydrogen-bond acceptors (Lipinski definition) is 7. The van der Waals surface area contributed by atoms with Crippen molar-refractivity contribution in [1.82, 2.24) is 0 Å². The second-order valence-electron chi connectivity index (χ2n) is 5.66. The van der Waals surface area contributed by atoms with E-state index in [9.17, 15) is 14.4 Å². The number of hydrogen-bond donors (Lipinski definition) is 0. The third-order valence-corrected chi connectivity index (χ3v) is 2.95. The van der Waals surface area contributed by atoms with Crippen LogP contribution in [-0.2, 0) is 19.0 Å². The molecule has 0 saturated carbocycles. The van der Waals surface area contributed by atoms with Gasteiger partial charge in [-0.15, -0.1) is 0 Å². The number of para-hydroxylation sites is 1. The topological polar surface area (TPSA) is 88.1 Å². The normalized spacial score (nSPS) is 11.8. The Morgan fingerprint density at radius 3 is 2.12 bits per heavy atom. The monoisotopic (exact) mass is 338 g/mol. The zero-order chi connectivity index (χ0) is 18.3. The van der Waals surface area contributed by atoms with Crippen molar-refractivity contribution in [2.75, 3.05) is 7.11 Å². The van der Waals surface area contributed by atoms with Gasteiger partial charge in [0.25, 0.3) is 6.29 Å². The third kappa shape index (κ3) is 5.57. The highest BCUT2D eigenvalue weighted by molar-refractivity contribution is 5.93. The molecule has 0 spiro atoms. The highest BCUT2D eigenvalue weighted by Crippen LogP contribution is 2.20. The molecule has 0 amide bonds. The standard InChI is InChI=1S/C17H22O7/c1-10(2)14(18)23-16(11(3)4)24-17(20)22-13-9-7-6-8-12(13)15(19)21-5/h6-11,16H,1-5H3/t16-/m0/s1. The van der Waals surface area contributed by atoms with Crippen LogP contribution in [0.2, 0.25) is 0 Å². The first-order valence-electron chi connectivity index (χ1n) is 7.52. The maximum absolute atomic E-state index is 12.0. The number of esters is 2. The molecule has 0 aliphatic heterocycles. The SMILES string of the molecule is COC(=O)c1ccccc1OC(=O)O[C@H](OC(=O)C(C)C)C(C)C. The highest BCUT2D eigenvalue weighted by Gasteiger charge is 2.26. The summed E-state index contributed by atoms with van der Waals surface area (Å²) in [5.41, 5.74) is 0.0808. The minimum Gasteiger partial charge on any atom is -0.465 e. The fraction of sp³-hybridized carbons (Fsp3) is 0.471. The molecule has 24 heavy (non-hydrogen) atoms. The van der Waals surface area contributed by atoms with Crippen molar-refractivity contribution < 1.29 is 33.3 Å². The van der Waals surface area contributed by atoms with Crippen molar-refractivity contribution in [2.45, 2.75) is 34.0 Å². The Morgan fingerprint density at radius 2 is 1.58 bits per heavy atom. The summed E-state index contributed by atoms with van der Waals surface area (Å²) < 4.78 is 19.8. The number of carbonyl (C=O) groups excluding carboxylic acids is 3. The Balaban J connectivity index is 2.80. The Bertz CT molecular complexity index is 592. The van der Waals surface area contributed by atoms with E-state index < -0.39 is 24.4 Å². The molecule has 0 radical (unpaired) electrons. The number of ether oxygens (including phenoxy) is 4. The first-order chi connectivity index (χ1) is 11.3. The lowest BCUT2D eigenvalue weighted by Crippen LogP contribution is -2.32. The Morgan fingerprint density at radius 1 is 0.958 bits per heavy atom. The fourth-order valence-corrected chi connectivity index (χ4v) is 1.59. The van der Waals surface area contributed by atoms with Crippen molar-refractivity contribution in [3.63, 3.8) is 0 Å². The van der Waals surface area contributed by atoms with Gasteiger partial charge in [-0.1, -0.05) is 39.8 Å². The molecule has 1 aromatic carbocycles. The summed E-state index contributed by atoms with van der Waals surface area (Å²) in [5, 5.41) is 0. The Labute approximate surface area is 140 Å². The molecular weight excluding hydrogens is 316 g/mol. The second-order valence-corrected chi connectivity index (χ2v) is 5.66. The van der Waals surface area contributed by atoms with Crippen LogP contribution < -0.4 is 4.74 Å². The van der Waals surface area contributed by atoms with Crippen LogP contribution in [0.25, 0.3) is 0 Å². The lowest BCUT2D eigenvalue weighted by atomic mass is 10.2. The summed E-state index contributed by atoms with van der Waals surface area (Å²) in [5.74, 6) is -1.77. The lowest BCUT2D eigenvalue weighted by Gasteiger charge is -2.22. The average molecular weight is 338 g/mol. The molecule has 1 atom stereocenters. The molecule has 0 bridgehead atoms. The van der Waals surface area contributed by atoms with Gasteiger partial charge in [-0.25, -0.2) is 9.59 Å². The molecule has 7 heteroatoms. The van der Waals surface area contributed by atoms with E-state index in [1.807, 2.05) is 0 Å². The quantitative estimate of drug-likeness (QED) is 0.447. The number of methoxy groups -OCH3 is 1. The van der Waals surface area contributed by atoms with Crippen molar-refractivity contribution in [3.8, 4) is 5.75 Å². The van der Waals surface area contributed by atoms with Crippen LogP contribution in [0.15, 0.2) is 24.3 Å². The molecular formula is C17H22O7. The van der Waals surface area contributed by atoms with Crippen LogP contribution >= 0.6 is 0 Å². The van der Waals surface area contributed by atoms with Gasteiger partial charge in [0.15, 0.2) is 0 Å². The Hall–Kier alpha value is -2.57. The lowest BCUT2D eigenvalue weighted by molar-refractivity contribution is -0.180. The molecule has 0 aliphatic carbocycles. The van der Waals surface area contributed by atoms with E-state index in [1.54, 1.807) is 39.8 Å². The maximum Gasteiger partial charge on any atom is 0.516 e. The van der Waals surface area contributed by atoms with E-state index in [-0.39, 0.29) is 23.1 Å². The van der Waals surface area contributed by atoms with E-state index in [1.165, 1.54) is 19.2 Å². The number of rotatable bonds is 6. The van der Waals surface area contributed by atoms with E-state index in [4.69, 9.17) is 14.2 Å². The molecule has 1 rings (SSSR count). The summed E-state index contributed by atoms with van der Waals surface area (Å²) in [7, 11) is 1.22. The average Bonchev–Trinajstić information content (AvgIpc) is 2.53. The van der Waals surface area contributed by atoms with Crippen LogP contribution in [0, 0.1) is 11.8 Å². The molecule has 0 saturated heterocycles. The van der Waals surface area contributed by atoms with Crippen LogP contribution in [0.1, 0.15) is 38.1 Å². The first-order valence-corrected chi connectivity index (χ1v) is 7.52. The summed E-state index contributed by atoms with van der Waals surface area (Å²) in [4.78, 5) is 35.3. The van der Waals surface area contributed by atoms with Gasteiger partial charge in [-0.05, 0) is 12.1 Å². The van der Waals surface area contributed by atoms with E-state index in [2.05, 4.69) is 4.74 Å². The van der Waals surface area contributed by atoms with Crippen molar-refractivity contribution in [2.24, 2.45) is 11.8 Å². The van der Waals surface area contributed by atoms with Gasteiger partial charge < -0.3 is 18.9 Å². The van der Waals surface area contributed by atoms with Gasteiger partial charge in [0.2, 0.25) is 0 Å². The molecule has 0 unspecified atom stereocenters. The smallest absolute Gasteiger partial charge is 0.465 e. The van der Waals surface area contributed by atoms with Gasteiger partial charge >= 0.3 is 18.1 Å². The van der Waals surface area contributed by atoms with Crippen molar-refractivity contribution >= 4 is 18.1 Å².